The van der Waals surface area contributed by atoms with Crippen LogP contribution in [-0.2, 0) is 0 Å². The van der Waals surface area contributed by atoms with E-state index >= 15 is 0 Å². The number of carbonyl (C=O) groups is 1. The van der Waals surface area contributed by atoms with E-state index in [9.17, 15) is 4.79 Å². The van der Waals surface area contributed by atoms with Gasteiger partial charge in [0.2, 0.25) is 0 Å². The van der Waals surface area contributed by atoms with Gasteiger partial charge in [0, 0.05) is 25.3 Å². The lowest BCUT2D eigenvalue weighted by Crippen LogP contribution is -2.34. The SMILES string of the molecule is CN(C)C1CCN(C(=O)c2cnn3c(N)ccnc23)C1. The van der Waals surface area contributed by atoms with Gasteiger partial charge in [0.1, 0.15) is 11.4 Å². The molecule has 3 rings (SSSR count). The van der Waals surface area contributed by atoms with Crippen LogP contribution in [0.25, 0.3) is 5.65 Å². The van der Waals surface area contributed by atoms with Crippen molar-refractivity contribution < 1.29 is 4.79 Å². The molecule has 2 aromatic rings. The van der Waals surface area contributed by atoms with Crippen molar-refractivity contribution in [2.75, 3.05) is 32.9 Å². The molecule has 7 nitrogen and oxygen atoms in total. The Bertz CT molecular complexity index is 649. The van der Waals surface area contributed by atoms with Gasteiger partial charge >= 0.3 is 0 Å². The molecule has 0 aromatic carbocycles. The van der Waals surface area contributed by atoms with E-state index in [4.69, 9.17) is 5.73 Å². The number of likely N-dealkylation sites (N-methyl/N-ethyl adjacent to an activating group) is 1. The lowest BCUT2D eigenvalue weighted by Gasteiger charge is -2.20. The van der Waals surface area contributed by atoms with Crippen LogP contribution in [0.1, 0.15) is 16.8 Å². The summed E-state index contributed by atoms with van der Waals surface area (Å²) in [5.41, 5.74) is 6.84. The molecular formula is C13H18N6O. The quantitative estimate of drug-likeness (QED) is 0.839. The summed E-state index contributed by atoms with van der Waals surface area (Å²) in [6.07, 6.45) is 4.13. The molecule has 20 heavy (non-hydrogen) atoms. The van der Waals surface area contributed by atoms with E-state index in [0.29, 0.717) is 23.1 Å². The van der Waals surface area contributed by atoms with E-state index in [1.807, 2.05) is 19.0 Å². The Kier molecular flexibility index (Phi) is 3.06. The van der Waals surface area contributed by atoms with E-state index in [1.165, 1.54) is 4.52 Å². The number of likely N-dealkylation sites (tertiary alicyclic amines) is 1. The fourth-order valence-corrected chi connectivity index (χ4v) is 2.58. The fourth-order valence-electron chi connectivity index (χ4n) is 2.58. The molecule has 1 fully saturated rings. The maximum Gasteiger partial charge on any atom is 0.259 e. The Hall–Kier alpha value is -2.15. The molecule has 1 saturated heterocycles. The van der Waals surface area contributed by atoms with Crippen LogP contribution < -0.4 is 5.73 Å². The van der Waals surface area contributed by atoms with Gasteiger partial charge in [-0.05, 0) is 26.6 Å². The molecule has 7 heteroatoms. The molecule has 0 aliphatic carbocycles. The van der Waals surface area contributed by atoms with Crippen molar-refractivity contribution in [3.8, 4) is 0 Å². The van der Waals surface area contributed by atoms with E-state index < -0.39 is 0 Å². The second-order valence-corrected chi connectivity index (χ2v) is 5.32. The number of rotatable bonds is 2. The molecule has 1 unspecified atom stereocenters. The van der Waals surface area contributed by atoms with Crippen molar-refractivity contribution in [3.63, 3.8) is 0 Å². The minimum atomic E-state index is -0.0255. The average molecular weight is 274 g/mol. The second kappa shape index (κ2) is 4.75. The number of hydrogen-bond donors (Lipinski definition) is 1. The highest BCUT2D eigenvalue weighted by atomic mass is 16.2. The zero-order valence-electron chi connectivity index (χ0n) is 11.7. The minimum Gasteiger partial charge on any atom is -0.384 e. The normalized spacial score (nSPS) is 19.1. The largest absolute Gasteiger partial charge is 0.384 e. The first kappa shape index (κ1) is 12.9. The van der Waals surface area contributed by atoms with Crippen LogP contribution in [0.5, 0.6) is 0 Å². The summed E-state index contributed by atoms with van der Waals surface area (Å²) < 4.78 is 1.49. The summed E-state index contributed by atoms with van der Waals surface area (Å²) in [5.74, 6) is 0.448. The van der Waals surface area contributed by atoms with Gasteiger partial charge in [-0.2, -0.15) is 9.61 Å². The number of nitrogen functional groups attached to an aromatic ring is 1. The third-order valence-corrected chi connectivity index (χ3v) is 3.84. The van der Waals surface area contributed by atoms with Gasteiger partial charge in [0.25, 0.3) is 5.91 Å². The van der Waals surface area contributed by atoms with Gasteiger partial charge in [-0.3, -0.25) is 4.79 Å². The summed E-state index contributed by atoms with van der Waals surface area (Å²) >= 11 is 0. The van der Waals surface area contributed by atoms with Crippen LogP contribution in [0.2, 0.25) is 0 Å². The Morgan fingerprint density at radius 2 is 2.30 bits per heavy atom. The van der Waals surface area contributed by atoms with E-state index in [-0.39, 0.29) is 5.91 Å². The van der Waals surface area contributed by atoms with Gasteiger partial charge in [-0.25, -0.2) is 4.98 Å². The zero-order chi connectivity index (χ0) is 14.3. The van der Waals surface area contributed by atoms with Gasteiger partial charge < -0.3 is 15.5 Å². The first-order valence-corrected chi connectivity index (χ1v) is 6.62. The highest BCUT2D eigenvalue weighted by molar-refractivity contribution is 6.00. The van der Waals surface area contributed by atoms with Crippen molar-refractivity contribution in [1.82, 2.24) is 24.4 Å². The first-order chi connectivity index (χ1) is 9.58. The number of carbonyl (C=O) groups excluding carboxylic acids is 1. The lowest BCUT2D eigenvalue weighted by atomic mass is 10.2. The molecule has 3 heterocycles. The summed E-state index contributed by atoms with van der Waals surface area (Å²) in [6, 6.07) is 2.07. The maximum atomic E-state index is 12.6. The Morgan fingerprint density at radius 1 is 1.50 bits per heavy atom. The molecule has 1 amide bonds. The number of amides is 1. The van der Waals surface area contributed by atoms with Crippen molar-refractivity contribution in [1.29, 1.82) is 0 Å². The second-order valence-electron chi connectivity index (χ2n) is 5.32. The van der Waals surface area contributed by atoms with Gasteiger partial charge in [-0.15, -0.1) is 0 Å². The van der Waals surface area contributed by atoms with Crippen LogP contribution >= 0.6 is 0 Å². The Morgan fingerprint density at radius 3 is 3.00 bits per heavy atom. The molecule has 2 N–H and O–H groups in total. The highest BCUT2D eigenvalue weighted by Crippen LogP contribution is 2.19. The predicted molar refractivity (Wildman–Crippen MR) is 75.4 cm³/mol. The molecule has 1 atom stereocenters. The number of anilines is 1. The first-order valence-electron chi connectivity index (χ1n) is 6.62. The maximum absolute atomic E-state index is 12.6. The van der Waals surface area contributed by atoms with Gasteiger partial charge in [-0.1, -0.05) is 0 Å². The van der Waals surface area contributed by atoms with Gasteiger partial charge in [0.15, 0.2) is 5.65 Å². The predicted octanol–water partition coefficient (Wildman–Crippen LogP) is 0.0876. The Labute approximate surface area is 117 Å². The van der Waals surface area contributed by atoms with Crippen molar-refractivity contribution in [2.45, 2.75) is 12.5 Å². The third-order valence-electron chi connectivity index (χ3n) is 3.84. The van der Waals surface area contributed by atoms with Crippen LogP contribution in [0, 0.1) is 0 Å². The molecule has 2 aromatic heterocycles. The van der Waals surface area contributed by atoms with Crippen LogP contribution in [0.4, 0.5) is 5.82 Å². The summed E-state index contributed by atoms with van der Waals surface area (Å²) in [4.78, 5) is 20.8. The molecule has 0 bridgehead atoms. The standard InChI is InChI=1S/C13H18N6O/c1-17(2)9-4-6-18(8-9)13(20)10-7-16-19-11(14)3-5-15-12(10)19/h3,5,7,9H,4,6,8,14H2,1-2H3. The number of nitrogens with two attached hydrogens (primary N) is 1. The van der Waals surface area contributed by atoms with E-state index in [1.54, 1.807) is 18.5 Å². The highest BCUT2D eigenvalue weighted by Gasteiger charge is 2.29. The molecule has 0 spiro atoms. The van der Waals surface area contributed by atoms with E-state index in [0.717, 1.165) is 19.5 Å². The van der Waals surface area contributed by atoms with Crippen LogP contribution in [-0.4, -0.2) is 63.5 Å². The summed E-state index contributed by atoms with van der Waals surface area (Å²) in [7, 11) is 4.08. The number of fused-ring (bicyclic) bond motifs is 1. The van der Waals surface area contributed by atoms with Crippen molar-refractivity contribution in [2.24, 2.45) is 0 Å². The average Bonchev–Trinajstić information content (AvgIpc) is 3.05. The zero-order valence-corrected chi connectivity index (χ0v) is 11.7. The molecule has 1 aliphatic rings. The molecular weight excluding hydrogens is 256 g/mol. The summed E-state index contributed by atoms with van der Waals surface area (Å²) in [5, 5.41) is 4.14. The van der Waals surface area contributed by atoms with Gasteiger partial charge in [0.05, 0.1) is 6.20 Å². The van der Waals surface area contributed by atoms with Crippen LogP contribution in [0.15, 0.2) is 18.5 Å². The number of nitrogens with zero attached hydrogens (tertiary/aromatic N) is 5. The lowest BCUT2D eigenvalue weighted by molar-refractivity contribution is 0.0785. The summed E-state index contributed by atoms with van der Waals surface area (Å²) in [6.45, 7) is 1.51. The smallest absolute Gasteiger partial charge is 0.259 e. The molecule has 106 valence electrons. The Balaban J connectivity index is 1.89. The number of hydrogen-bond acceptors (Lipinski definition) is 5. The minimum absolute atomic E-state index is 0.0255. The van der Waals surface area contributed by atoms with Crippen LogP contribution in [0.3, 0.4) is 0 Å². The number of aromatic nitrogens is 3. The third kappa shape index (κ3) is 2.00. The molecule has 0 saturated carbocycles. The van der Waals surface area contributed by atoms with Crippen molar-refractivity contribution in [3.05, 3.63) is 24.0 Å². The van der Waals surface area contributed by atoms with E-state index in [2.05, 4.69) is 15.0 Å². The van der Waals surface area contributed by atoms with Crippen molar-refractivity contribution >= 4 is 17.4 Å². The fraction of sp³-hybridized carbons (Fsp3) is 0.462. The topological polar surface area (TPSA) is 79.8 Å². The monoisotopic (exact) mass is 274 g/mol. The molecule has 0 radical (unpaired) electrons. The molecule has 1 aliphatic heterocycles.